The van der Waals surface area contributed by atoms with Gasteiger partial charge in [0.15, 0.2) is 11.6 Å². The molecule has 0 bridgehead atoms. The molecule has 1 aromatic rings. The van der Waals surface area contributed by atoms with Gasteiger partial charge in [-0.2, -0.15) is 0 Å². The van der Waals surface area contributed by atoms with Crippen molar-refractivity contribution >= 4 is 23.9 Å². The molecule has 0 saturated heterocycles. The van der Waals surface area contributed by atoms with E-state index in [4.69, 9.17) is 4.74 Å². The zero-order valence-corrected chi connectivity index (χ0v) is 10.9. The summed E-state index contributed by atoms with van der Waals surface area (Å²) in [4.78, 5) is 21.8. The molecule has 0 spiro atoms. The summed E-state index contributed by atoms with van der Waals surface area (Å²) in [6.45, 7) is 3.39. The molecule has 4 nitrogen and oxygen atoms in total. The summed E-state index contributed by atoms with van der Waals surface area (Å²) >= 11 is 3.38. The van der Waals surface area contributed by atoms with Crippen LogP contribution in [0.1, 0.15) is 19.4 Å². The zero-order valence-electron chi connectivity index (χ0n) is 9.97. The highest BCUT2D eigenvalue weighted by Crippen LogP contribution is 2.19. The van der Waals surface area contributed by atoms with Crippen LogP contribution in [0.2, 0.25) is 0 Å². The first-order valence-electron chi connectivity index (χ1n) is 5.26. The third-order valence-electron chi connectivity index (χ3n) is 2.05. The summed E-state index contributed by atoms with van der Waals surface area (Å²) in [5.74, 6) is -1.52. The standard InChI is InChI=1S/C12H13FO4S/c1-7(2)11(14)16-6-8-3-4-10(9(13)5-8)17-12(15)18/h3-5,7H,6H2,1-2H3,(H,15,18). The van der Waals surface area contributed by atoms with Gasteiger partial charge in [0.05, 0.1) is 5.92 Å². The number of thiol groups is 1. The molecular formula is C12H13FO4S. The molecule has 0 fully saturated rings. The molecule has 0 N–H and O–H groups in total. The Morgan fingerprint density at radius 1 is 1.39 bits per heavy atom. The molecule has 0 atom stereocenters. The fourth-order valence-corrected chi connectivity index (χ4v) is 1.23. The van der Waals surface area contributed by atoms with Gasteiger partial charge in [0.1, 0.15) is 6.61 Å². The summed E-state index contributed by atoms with van der Waals surface area (Å²) in [6.07, 6.45) is 0. The van der Waals surface area contributed by atoms with Crippen LogP contribution in [0.3, 0.4) is 0 Å². The zero-order chi connectivity index (χ0) is 13.7. The van der Waals surface area contributed by atoms with Crippen molar-refractivity contribution in [3.8, 4) is 5.75 Å². The average molecular weight is 272 g/mol. The lowest BCUT2D eigenvalue weighted by Crippen LogP contribution is -2.11. The monoisotopic (exact) mass is 272 g/mol. The first-order chi connectivity index (χ1) is 8.40. The molecule has 1 rings (SSSR count). The summed E-state index contributed by atoms with van der Waals surface area (Å²) in [5.41, 5.74) is 0.473. The van der Waals surface area contributed by atoms with E-state index in [0.29, 0.717) is 5.56 Å². The van der Waals surface area contributed by atoms with E-state index < -0.39 is 11.1 Å². The molecule has 0 heterocycles. The predicted octanol–water partition coefficient (Wildman–Crippen LogP) is 2.95. The Bertz CT molecular complexity index is 459. The lowest BCUT2D eigenvalue weighted by molar-refractivity contribution is -0.148. The van der Waals surface area contributed by atoms with Gasteiger partial charge in [-0.15, -0.1) is 0 Å². The average Bonchev–Trinajstić information content (AvgIpc) is 2.28. The molecule has 0 radical (unpaired) electrons. The highest BCUT2D eigenvalue weighted by Gasteiger charge is 2.11. The molecular weight excluding hydrogens is 259 g/mol. The number of benzene rings is 1. The second-order valence-corrected chi connectivity index (χ2v) is 4.26. The number of carbonyl (C=O) groups is 2. The Labute approximate surface area is 109 Å². The van der Waals surface area contributed by atoms with Gasteiger partial charge in [-0.1, -0.05) is 32.5 Å². The molecule has 0 aliphatic rings. The number of hydrogen-bond donors (Lipinski definition) is 1. The number of halogens is 1. The van der Waals surface area contributed by atoms with Crippen LogP contribution in [0.15, 0.2) is 18.2 Å². The molecule has 0 aromatic heterocycles. The largest absolute Gasteiger partial charge is 0.461 e. The van der Waals surface area contributed by atoms with Crippen LogP contribution in [0.25, 0.3) is 0 Å². The van der Waals surface area contributed by atoms with Crippen LogP contribution in [-0.4, -0.2) is 11.3 Å². The summed E-state index contributed by atoms with van der Waals surface area (Å²) in [7, 11) is 0. The van der Waals surface area contributed by atoms with Crippen molar-refractivity contribution in [2.45, 2.75) is 20.5 Å². The van der Waals surface area contributed by atoms with Gasteiger partial charge < -0.3 is 9.47 Å². The molecule has 6 heteroatoms. The van der Waals surface area contributed by atoms with Crippen molar-refractivity contribution in [1.82, 2.24) is 0 Å². The molecule has 0 aliphatic carbocycles. The van der Waals surface area contributed by atoms with Gasteiger partial charge in [0, 0.05) is 0 Å². The number of hydrogen-bond acceptors (Lipinski definition) is 4. The fourth-order valence-electron chi connectivity index (χ4n) is 1.13. The first kappa shape index (κ1) is 14.5. The highest BCUT2D eigenvalue weighted by atomic mass is 32.1. The van der Waals surface area contributed by atoms with Gasteiger partial charge in [0.25, 0.3) is 0 Å². The molecule has 0 saturated carbocycles. The van der Waals surface area contributed by atoms with E-state index in [0.717, 1.165) is 6.07 Å². The van der Waals surface area contributed by atoms with E-state index in [1.54, 1.807) is 13.8 Å². The molecule has 1 aromatic carbocycles. The van der Waals surface area contributed by atoms with Crippen LogP contribution in [0, 0.1) is 11.7 Å². The first-order valence-corrected chi connectivity index (χ1v) is 5.70. The maximum absolute atomic E-state index is 13.4. The van der Waals surface area contributed by atoms with Crippen LogP contribution in [-0.2, 0) is 16.1 Å². The van der Waals surface area contributed by atoms with Gasteiger partial charge in [-0.25, -0.2) is 9.18 Å². The van der Waals surface area contributed by atoms with Crippen molar-refractivity contribution in [1.29, 1.82) is 0 Å². The topological polar surface area (TPSA) is 52.6 Å². The second-order valence-electron chi connectivity index (χ2n) is 3.90. The second kappa shape index (κ2) is 6.39. The van der Waals surface area contributed by atoms with Crippen molar-refractivity contribution in [2.24, 2.45) is 5.92 Å². The van der Waals surface area contributed by atoms with Gasteiger partial charge in [-0.3, -0.25) is 4.79 Å². The number of ether oxygens (including phenoxy) is 2. The minimum absolute atomic E-state index is 0.0248. The van der Waals surface area contributed by atoms with Crippen molar-refractivity contribution in [3.63, 3.8) is 0 Å². The maximum atomic E-state index is 13.4. The SMILES string of the molecule is CC(C)C(=O)OCc1ccc(OC(=O)S)c(F)c1. The Morgan fingerprint density at radius 3 is 2.56 bits per heavy atom. The normalized spacial score (nSPS) is 10.3. The smallest absolute Gasteiger partial charge is 0.369 e. The van der Waals surface area contributed by atoms with Crippen LogP contribution in [0.4, 0.5) is 9.18 Å². The minimum Gasteiger partial charge on any atom is -0.461 e. The number of carbonyl (C=O) groups excluding carboxylic acids is 2. The third kappa shape index (κ3) is 4.37. The molecule has 98 valence electrons. The quantitative estimate of drug-likeness (QED) is 0.676. The lowest BCUT2D eigenvalue weighted by atomic mass is 10.2. The van der Waals surface area contributed by atoms with Gasteiger partial charge in [-0.05, 0) is 17.7 Å². The van der Waals surface area contributed by atoms with E-state index in [1.165, 1.54) is 12.1 Å². The summed E-state index contributed by atoms with van der Waals surface area (Å²) < 4.78 is 22.9. The van der Waals surface area contributed by atoms with Crippen molar-refractivity contribution < 1.29 is 23.5 Å². The predicted molar refractivity (Wildman–Crippen MR) is 66.0 cm³/mol. The van der Waals surface area contributed by atoms with Crippen LogP contribution >= 0.6 is 12.6 Å². The fraction of sp³-hybridized carbons (Fsp3) is 0.333. The lowest BCUT2D eigenvalue weighted by Gasteiger charge is -2.08. The minimum atomic E-state index is -0.895. The van der Waals surface area contributed by atoms with Gasteiger partial charge in [0.2, 0.25) is 0 Å². The molecule has 0 unspecified atom stereocenters. The van der Waals surface area contributed by atoms with E-state index in [1.807, 2.05) is 0 Å². The van der Waals surface area contributed by atoms with Crippen molar-refractivity contribution in [3.05, 3.63) is 29.6 Å². The molecule has 0 amide bonds. The van der Waals surface area contributed by atoms with Crippen molar-refractivity contribution in [2.75, 3.05) is 0 Å². The molecule has 18 heavy (non-hydrogen) atoms. The van der Waals surface area contributed by atoms with Gasteiger partial charge >= 0.3 is 11.3 Å². The van der Waals surface area contributed by atoms with E-state index in [-0.39, 0.29) is 24.2 Å². The van der Waals surface area contributed by atoms with E-state index >= 15 is 0 Å². The number of esters is 1. The maximum Gasteiger partial charge on any atom is 0.369 e. The summed E-state index contributed by atoms with van der Waals surface area (Å²) in [6, 6.07) is 3.92. The van der Waals surface area contributed by atoms with E-state index in [2.05, 4.69) is 17.4 Å². The Balaban J connectivity index is 2.67. The highest BCUT2D eigenvalue weighted by molar-refractivity contribution is 7.96. The Morgan fingerprint density at radius 2 is 2.06 bits per heavy atom. The Kier molecular flexibility index (Phi) is 5.15. The third-order valence-corrected chi connectivity index (χ3v) is 2.14. The van der Waals surface area contributed by atoms with Crippen LogP contribution in [0.5, 0.6) is 5.75 Å². The van der Waals surface area contributed by atoms with E-state index in [9.17, 15) is 14.0 Å². The van der Waals surface area contributed by atoms with Crippen LogP contribution < -0.4 is 4.74 Å². The molecule has 0 aliphatic heterocycles. The Hall–Kier alpha value is -1.56. The number of rotatable bonds is 4. The summed E-state index contributed by atoms with van der Waals surface area (Å²) in [5, 5.41) is -0.895.